The summed E-state index contributed by atoms with van der Waals surface area (Å²) in [5.41, 5.74) is 0.442. The highest BCUT2D eigenvalue weighted by atomic mass is 127. The fraction of sp³-hybridized carbons (Fsp3) is 0.500. The van der Waals surface area contributed by atoms with Crippen LogP contribution in [0.4, 0.5) is 0 Å². The second-order valence-electron chi connectivity index (χ2n) is 8.19. The van der Waals surface area contributed by atoms with Crippen molar-refractivity contribution in [2.45, 2.75) is 50.9 Å². The molecule has 1 aromatic carbocycles. The number of para-hydroxylation sites is 1. The van der Waals surface area contributed by atoms with Crippen molar-refractivity contribution in [3.8, 4) is 5.75 Å². The van der Waals surface area contributed by atoms with Crippen LogP contribution in [-0.4, -0.2) is 64.9 Å². The van der Waals surface area contributed by atoms with E-state index < -0.39 is 18.2 Å². The Morgan fingerprint density at radius 2 is 2.06 bits per heavy atom. The summed E-state index contributed by atoms with van der Waals surface area (Å²) in [4.78, 5) is 27.4. The summed E-state index contributed by atoms with van der Waals surface area (Å²) in [5.74, 6) is 0.548. The summed E-state index contributed by atoms with van der Waals surface area (Å²) in [7, 11) is 0. The van der Waals surface area contributed by atoms with Crippen LogP contribution in [0.2, 0.25) is 0 Å². The van der Waals surface area contributed by atoms with E-state index in [1.165, 1.54) is 0 Å². The lowest BCUT2D eigenvalue weighted by Crippen LogP contribution is -2.55. The number of rotatable bonds is 10. The Bertz CT molecular complexity index is 868. The molecule has 0 spiro atoms. The Kier molecular flexibility index (Phi) is 9.12. The van der Waals surface area contributed by atoms with Crippen molar-refractivity contribution in [1.29, 1.82) is 0 Å². The highest BCUT2D eigenvalue weighted by molar-refractivity contribution is 14.1. The average Bonchev–Trinajstić information content (AvgIpc) is 3.61. The number of benzene rings is 1. The van der Waals surface area contributed by atoms with E-state index in [0.29, 0.717) is 23.8 Å². The number of ether oxygens (including phenoxy) is 1. The second-order valence-corrected chi connectivity index (χ2v) is 9.35. The molecule has 0 heterocycles. The smallest absolute Gasteiger partial charge is 0.247 e. The van der Waals surface area contributed by atoms with Crippen LogP contribution in [0.3, 0.4) is 0 Å². The van der Waals surface area contributed by atoms with Gasteiger partial charge in [0.25, 0.3) is 0 Å². The zero-order valence-corrected chi connectivity index (χ0v) is 20.4. The number of carbonyl (C=O) groups is 2. The molecule has 2 amide bonds. The molecule has 0 radical (unpaired) electrons. The van der Waals surface area contributed by atoms with Gasteiger partial charge in [-0.05, 0) is 72.1 Å². The third kappa shape index (κ3) is 6.55. The molecule has 0 bridgehead atoms. The number of aliphatic hydroxyl groups excluding tert-OH is 2. The summed E-state index contributed by atoms with van der Waals surface area (Å²) in [6, 6.07) is 6.87. The molecule has 8 heteroatoms. The molecular formula is C24H31IN2O5. The minimum absolute atomic E-state index is 0.134. The van der Waals surface area contributed by atoms with Crippen LogP contribution < -0.4 is 10.1 Å². The summed E-state index contributed by atoms with van der Waals surface area (Å²) in [5, 5.41) is 23.0. The minimum Gasteiger partial charge on any atom is -0.482 e. The third-order valence-electron chi connectivity index (χ3n) is 5.65. The molecule has 1 fully saturated rings. The first kappa shape index (κ1) is 24.7. The van der Waals surface area contributed by atoms with Gasteiger partial charge in [-0.15, -0.1) is 0 Å². The topological polar surface area (TPSA) is 99.1 Å². The molecule has 0 aliphatic heterocycles. The number of aliphatic hydroxyl groups is 2. The number of allylic oxidation sites excluding steroid dienone is 1. The van der Waals surface area contributed by atoms with Gasteiger partial charge in [0, 0.05) is 25.1 Å². The van der Waals surface area contributed by atoms with Gasteiger partial charge in [0.2, 0.25) is 11.8 Å². The summed E-state index contributed by atoms with van der Waals surface area (Å²) in [6.07, 6.45) is 6.31. The first-order valence-corrected chi connectivity index (χ1v) is 12.2. The van der Waals surface area contributed by atoms with E-state index in [1.807, 2.05) is 37.3 Å². The van der Waals surface area contributed by atoms with Gasteiger partial charge in [0.05, 0.1) is 16.2 Å². The molecule has 1 aromatic rings. The van der Waals surface area contributed by atoms with Crippen LogP contribution in [0.15, 0.2) is 48.1 Å². The SMILES string of the molecule is CCC=CC(=O)N(CC1CC1)[C@@H]1CC(C(=O)NCCO)=C[C@H](Oc2ccccc2I)[C@H]1O. The van der Waals surface area contributed by atoms with Crippen molar-refractivity contribution in [2.24, 2.45) is 5.92 Å². The van der Waals surface area contributed by atoms with Gasteiger partial charge in [0.15, 0.2) is 0 Å². The molecule has 32 heavy (non-hydrogen) atoms. The fourth-order valence-corrected chi connectivity index (χ4v) is 4.26. The maximum absolute atomic E-state index is 13.0. The Labute approximate surface area is 202 Å². The van der Waals surface area contributed by atoms with E-state index in [-0.39, 0.29) is 31.4 Å². The number of amides is 2. The fourth-order valence-electron chi connectivity index (χ4n) is 3.75. The van der Waals surface area contributed by atoms with Crippen LogP contribution in [0, 0.1) is 9.49 Å². The Hall–Kier alpha value is -1.91. The zero-order valence-electron chi connectivity index (χ0n) is 18.2. The summed E-state index contributed by atoms with van der Waals surface area (Å²) >= 11 is 2.16. The lowest BCUT2D eigenvalue weighted by Gasteiger charge is -2.40. The lowest BCUT2D eigenvalue weighted by atomic mass is 9.88. The Morgan fingerprint density at radius 1 is 1.31 bits per heavy atom. The predicted octanol–water partition coefficient (Wildman–Crippen LogP) is 2.41. The predicted molar refractivity (Wildman–Crippen MR) is 130 cm³/mol. The van der Waals surface area contributed by atoms with Crippen molar-refractivity contribution in [2.75, 3.05) is 19.7 Å². The number of nitrogens with zero attached hydrogens (tertiary/aromatic N) is 1. The molecule has 3 N–H and O–H groups in total. The molecule has 2 aliphatic carbocycles. The monoisotopic (exact) mass is 554 g/mol. The van der Waals surface area contributed by atoms with Gasteiger partial charge in [-0.25, -0.2) is 0 Å². The minimum atomic E-state index is -0.988. The van der Waals surface area contributed by atoms with Gasteiger partial charge >= 0.3 is 0 Å². The van der Waals surface area contributed by atoms with E-state index in [2.05, 4.69) is 27.9 Å². The van der Waals surface area contributed by atoms with E-state index in [4.69, 9.17) is 9.84 Å². The first-order chi connectivity index (χ1) is 15.4. The van der Waals surface area contributed by atoms with Crippen LogP contribution in [0.5, 0.6) is 5.75 Å². The second kappa shape index (κ2) is 11.8. The van der Waals surface area contributed by atoms with E-state index in [1.54, 1.807) is 17.1 Å². The number of carbonyl (C=O) groups excluding carboxylic acids is 2. The van der Waals surface area contributed by atoms with Gasteiger partial charge in [-0.1, -0.05) is 25.1 Å². The molecule has 0 aromatic heterocycles. The number of nitrogens with one attached hydrogen (secondary N) is 1. The van der Waals surface area contributed by atoms with E-state index >= 15 is 0 Å². The molecule has 1 saturated carbocycles. The maximum atomic E-state index is 13.0. The third-order valence-corrected chi connectivity index (χ3v) is 6.54. The molecule has 0 saturated heterocycles. The van der Waals surface area contributed by atoms with Gasteiger partial charge in [-0.3, -0.25) is 9.59 Å². The number of hydrogen-bond acceptors (Lipinski definition) is 5. The van der Waals surface area contributed by atoms with Gasteiger partial charge in [0.1, 0.15) is 18.0 Å². The highest BCUT2D eigenvalue weighted by Gasteiger charge is 2.41. The number of hydrogen-bond donors (Lipinski definition) is 3. The Morgan fingerprint density at radius 3 is 2.72 bits per heavy atom. The van der Waals surface area contributed by atoms with Crippen molar-refractivity contribution in [3.63, 3.8) is 0 Å². The Balaban J connectivity index is 1.90. The molecule has 3 atom stereocenters. The lowest BCUT2D eigenvalue weighted by molar-refractivity contribution is -0.133. The van der Waals surface area contributed by atoms with Crippen LogP contribution in [0.25, 0.3) is 0 Å². The van der Waals surface area contributed by atoms with Crippen molar-refractivity contribution in [1.82, 2.24) is 10.2 Å². The van der Waals surface area contributed by atoms with Crippen molar-refractivity contribution in [3.05, 3.63) is 51.6 Å². The van der Waals surface area contributed by atoms with Crippen LogP contribution >= 0.6 is 22.6 Å². The molecule has 7 nitrogen and oxygen atoms in total. The summed E-state index contributed by atoms with van der Waals surface area (Å²) in [6.45, 7) is 2.48. The number of halogens is 1. The molecule has 174 valence electrons. The van der Waals surface area contributed by atoms with Gasteiger partial charge < -0.3 is 25.2 Å². The average molecular weight is 554 g/mol. The molecule has 2 aliphatic rings. The molecular weight excluding hydrogens is 523 g/mol. The quantitative estimate of drug-likeness (QED) is 0.305. The normalized spacial score (nSPS) is 23.0. The summed E-state index contributed by atoms with van der Waals surface area (Å²) < 4.78 is 7.01. The molecule has 3 rings (SSSR count). The van der Waals surface area contributed by atoms with Crippen LogP contribution in [0.1, 0.15) is 32.6 Å². The first-order valence-electron chi connectivity index (χ1n) is 11.1. The largest absolute Gasteiger partial charge is 0.482 e. The van der Waals surface area contributed by atoms with E-state index in [9.17, 15) is 14.7 Å². The van der Waals surface area contributed by atoms with Gasteiger partial charge in [-0.2, -0.15) is 0 Å². The van der Waals surface area contributed by atoms with Crippen molar-refractivity contribution < 1.29 is 24.5 Å². The van der Waals surface area contributed by atoms with Crippen molar-refractivity contribution >= 4 is 34.4 Å². The van der Waals surface area contributed by atoms with Crippen LogP contribution in [-0.2, 0) is 9.59 Å². The standard InChI is InChI=1S/C24H31IN2O5/c1-2-3-8-22(29)27(15-16-9-10-16)19-13-17(24(31)26-11-12-28)14-21(23(19)30)32-20-7-5-4-6-18(20)25/h3-8,14,16,19,21,23,28,30H,2,9-13,15H2,1H3,(H,26,31)/t19-,21+,23+/m1/s1. The highest BCUT2D eigenvalue weighted by Crippen LogP contribution is 2.34. The molecule has 0 unspecified atom stereocenters. The zero-order chi connectivity index (χ0) is 23.1. The van der Waals surface area contributed by atoms with E-state index in [0.717, 1.165) is 22.8 Å². The maximum Gasteiger partial charge on any atom is 0.247 e.